The molecule has 0 fully saturated rings. The van der Waals surface area contributed by atoms with Crippen LogP contribution < -0.4 is 15.1 Å². The van der Waals surface area contributed by atoms with Crippen molar-refractivity contribution in [1.29, 1.82) is 0 Å². The van der Waals surface area contributed by atoms with E-state index in [0.717, 1.165) is 42.1 Å². The Hall–Kier alpha value is -3.86. The van der Waals surface area contributed by atoms with E-state index in [1.165, 1.54) is 11.3 Å². The van der Waals surface area contributed by atoms with Gasteiger partial charge < -0.3 is 10.2 Å². The average molecular weight is 480 g/mol. The first-order valence-electron chi connectivity index (χ1n) is 12.8. The molecule has 0 spiro atoms. The minimum Gasteiger partial charge on any atom is -0.372 e. The van der Waals surface area contributed by atoms with Gasteiger partial charge in [0.05, 0.1) is 17.4 Å². The van der Waals surface area contributed by atoms with Crippen molar-refractivity contribution in [2.75, 3.05) is 28.2 Å². The van der Waals surface area contributed by atoms with Crippen molar-refractivity contribution >= 4 is 28.8 Å². The third-order valence-corrected chi connectivity index (χ3v) is 7.44. The van der Waals surface area contributed by atoms with Crippen LogP contribution in [0.3, 0.4) is 0 Å². The molecule has 3 aromatic carbocycles. The SMILES string of the molecule is CCN(CC)c1ccc([C@H]2CC(=O)C3=C(C2)Nc2ccccc2N(C(C)=O)[C@H]3c2ccccc2)cc1. The molecule has 5 heteroatoms. The van der Waals surface area contributed by atoms with Gasteiger partial charge in [0.25, 0.3) is 0 Å². The number of carbonyl (C=O) groups excluding carboxylic acids is 2. The molecular weight excluding hydrogens is 446 g/mol. The van der Waals surface area contributed by atoms with Gasteiger partial charge in [0.2, 0.25) is 5.91 Å². The van der Waals surface area contributed by atoms with E-state index in [2.05, 4.69) is 48.3 Å². The third-order valence-electron chi connectivity index (χ3n) is 7.44. The summed E-state index contributed by atoms with van der Waals surface area (Å²) < 4.78 is 0. The molecule has 3 aromatic rings. The number of allylic oxidation sites excluding steroid dienone is 1. The van der Waals surface area contributed by atoms with E-state index >= 15 is 0 Å². The van der Waals surface area contributed by atoms with E-state index in [1.54, 1.807) is 11.8 Å². The number of Topliss-reactive ketones (excluding diaryl/α,β-unsaturated/α-hetero) is 1. The first-order chi connectivity index (χ1) is 17.5. The molecule has 5 rings (SSSR count). The summed E-state index contributed by atoms with van der Waals surface area (Å²) >= 11 is 0. The van der Waals surface area contributed by atoms with E-state index < -0.39 is 6.04 Å². The normalized spacial score (nSPS) is 19.2. The molecule has 184 valence electrons. The lowest BCUT2D eigenvalue weighted by atomic mass is 9.78. The lowest BCUT2D eigenvalue weighted by Crippen LogP contribution is -2.37. The van der Waals surface area contributed by atoms with Crippen LogP contribution in [0.15, 0.2) is 90.1 Å². The zero-order valence-electron chi connectivity index (χ0n) is 21.2. The molecule has 36 heavy (non-hydrogen) atoms. The third kappa shape index (κ3) is 4.30. The second-order valence-corrected chi connectivity index (χ2v) is 9.53. The summed E-state index contributed by atoms with van der Waals surface area (Å²) in [5.74, 6) is 0.0882. The first kappa shape index (κ1) is 23.9. The maximum absolute atomic E-state index is 13.9. The van der Waals surface area contributed by atoms with Crippen molar-refractivity contribution in [2.45, 2.75) is 45.6 Å². The minimum atomic E-state index is -0.464. The van der Waals surface area contributed by atoms with E-state index in [4.69, 9.17) is 0 Å². The van der Waals surface area contributed by atoms with E-state index in [1.807, 2.05) is 54.6 Å². The largest absolute Gasteiger partial charge is 0.372 e. The molecule has 1 amide bonds. The minimum absolute atomic E-state index is 0.0852. The Kier molecular flexibility index (Phi) is 6.64. The number of amides is 1. The van der Waals surface area contributed by atoms with Crippen LogP contribution in [0.1, 0.15) is 56.7 Å². The molecule has 1 aliphatic heterocycles. The summed E-state index contributed by atoms with van der Waals surface area (Å²) in [6.07, 6.45) is 1.14. The average Bonchev–Trinajstić information content (AvgIpc) is 3.05. The van der Waals surface area contributed by atoms with E-state index in [9.17, 15) is 9.59 Å². The fraction of sp³-hybridized carbons (Fsp3) is 0.290. The lowest BCUT2D eigenvalue weighted by molar-refractivity contribution is -0.117. The van der Waals surface area contributed by atoms with E-state index in [-0.39, 0.29) is 17.6 Å². The first-order valence-corrected chi connectivity index (χ1v) is 12.8. The van der Waals surface area contributed by atoms with Gasteiger partial charge >= 0.3 is 0 Å². The molecule has 0 saturated heterocycles. The topological polar surface area (TPSA) is 52.7 Å². The molecule has 1 heterocycles. The van der Waals surface area contributed by atoms with Crippen molar-refractivity contribution in [2.24, 2.45) is 0 Å². The fourth-order valence-electron chi connectivity index (χ4n) is 5.67. The zero-order chi connectivity index (χ0) is 25.2. The Bertz CT molecular complexity index is 1290. The number of ketones is 1. The standard InChI is InChI=1S/C31H33N3O2/c1-4-33(5-2)25-17-15-22(16-18-25)24-19-27-30(29(36)20-24)31(23-11-7-6-8-12-23)34(21(3)35)28-14-10-9-13-26(28)32-27/h6-18,24,31-32H,4-5,19-20H2,1-3H3/t24-,31+/m1/s1. The van der Waals surface area contributed by atoms with Crippen molar-refractivity contribution in [3.8, 4) is 0 Å². The Morgan fingerprint density at radius 1 is 0.889 bits per heavy atom. The highest BCUT2D eigenvalue weighted by Gasteiger charge is 2.40. The van der Waals surface area contributed by atoms with Crippen molar-refractivity contribution in [1.82, 2.24) is 0 Å². The highest BCUT2D eigenvalue weighted by Crippen LogP contribution is 2.47. The van der Waals surface area contributed by atoms with Crippen LogP contribution >= 0.6 is 0 Å². The number of hydrogen-bond donors (Lipinski definition) is 1. The second kappa shape index (κ2) is 10.0. The molecule has 0 radical (unpaired) electrons. The fourth-order valence-corrected chi connectivity index (χ4v) is 5.67. The maximum Gasteiger partial charge on any atom is 0.224 e. The number of para-hydroxylation sites is 2. The molecule has 0 saturated carbocycles. The number of anilines is 3. The molecular formula is C31H33N3O2. The highest BCUT2D eigenvalue weighted by atomic mass is 16.2. The number of benzene rings is 3. The second-order valence-electron chi connectivity index (χ2n) is 9.53. The van der Waals surface area contributed by atoms with Gasteiger partial charge in [0.15, 0.2) is 5.78 Å². The summed E-state index contributed by atoms with van der Waals surface area (Å²) in [4.78, 5) is 31.0. The number of rotatable bonds is 5. The maximum atomic E-state index is 13.9. The van der Waals surface area contributed by atoms with Gasteiger partial charge in [-0.3, -0.25) is 14.5 Å². The van der Waals surface area contributed by atoms with Crippen molar-refractivity contribution in [3.05, 3.63) is 101 Å². The smallest absolute Gasteiger partial charge is 0.224 e. The predicted octanol–water partition coefficient (Wildman–Crippen LogP) is 6.45. The molecule has 0 unspecified atom stereocenters. The van der Waals surface area contributed by atoms with Gasteiger partial charge in [-0.2, -0.15) is 0 Å². The summed E-state index contributed by atoms with van der Waals surface area (Å²) in [7, 11) is 0. The van der Waals surface area contributed by atoms with Crippen molar-refractivity contribution < 1.29 is 9.59 Å². The van der Waals surface area contributed by atoms with Gasteiger partial charge in [-0.25, -0.2) is 0 Å². The number of fused-ring (bicyclic) bond motifs is 1. The summed E-state index contributed by atoms with van der Waals surface area (Å²) in [6.45, 7) is 7.82. The summed E-state index contributed by atoms with van der Waals surface area (Å²) in [5.41, 5.74) is 6.57. The van der Waals surface area contributed by atoms with Crippen LogP contribution in [-0.2, 0) is 9.59 Å². The zero-order valence-corrected chi connectivity index (χ0v) is 21.2. The molecule has 2 atom stereocenters. The number of carbonyl (C=O) groups is 2. The van der Waals surface area contributed by atoms with Crippen LogP contribution in [-0.4, -0.2) is 24.8 Å². The lowest BCUT2D eigenvalue weighted by Gasteiger charge is -2.34. The number of hydrogen-bond acceptors (Lipinski definition) is 4. The molecule has 2 aliphatic rings. The van der Waals surface area contributed by atoms with Crippen LogP contribution in [0.25, 0.3) is 0 Å². The molecule has 0 aromatic heterocycles. The Labute approximate surface area is 213 Å². The highest BCUT2D eigenvalue weighted by molar-refractivity contribution is 6.06. The van der Waals surface area contributed by atoms with Crippen LogP contribution in [0.5, 0.6) is 0 Å². The molecule has 5 nitrogen and oxygen atoms in total. The van der Waals surface area contributed by atoms with Crippen molar-refractivity contribution in [3.63, 3.8) is 0 Å². The van der Waals surface area contributed by atoms with Gasteiger partial charge in [0.1, 0.15) is 0 Å². The molecule has 1 aliphatic carbocycles. The van der Waals surface area contributed by atoms with Crippen LogP contribution in [0.2, 0.25) is 0 Å². The van der Waals surface area contributed by atoms with Gasteiger partial charge in [-0.1, -0.05) is 54.6 Å². The van der Waals surface area contributed by atoms with Crippen LogP contribution in [0, 0.1) is 0 Å². The van der Waals surface area contributed by atoms with Gasteiger partial charge in [-0.15, -0.1) is 0 Å². The summed E-state index contributed by atoms with van der Waals surface area (Å²) in [6, 6.07) is 25.9. The van der Waals surface area contributed by atoms with E-state index in [0.29, 0.717) is 12.0 Å². The Balaban J connectivity index is 1.59. The van der Waals surface area contributed by atoms with Gasteiger partial charge in [0, 0.05) is 43.4 Å². The van der Waals surface area contributed by atoms with Crippen LogP contribution in [0.4, 0.5) is 17.1 Å². The number of nitrogens with one attached hydrogen (secondary N) is 1. The van der Waals surface area contributed by atoms with Gasteiger partial charge in [-0.05, 0) is 61.6 Å². The predicted molar refractivity (Wildman–Crippen MR) is 146 cm³/mol. The quantitative estimate of drug-likeness (QED) is 0.457. The Morgan fingerprint density at radius 2 is 1.56 bits per heavy atom. The summed E-state index contributed by atoms with van der Waals surface area (Å²) in [5, 5.41) is 3.58. The molecule has 1 N–H and O–H groups in total. The Morgan fingerprint density at radius 3 is 2.22 bits per heavy atom. The molecule has 0 bridgehead atoms. The number of nitrogens with zero attached hydrogens (tertiary/aromatic N) is 2. The monoisotopic (exact) mass is 479 g/mol.